The quantitative estimate of drug-likeness (QED) is 0.882. The molecule has 0 aromatic heterocycles. The maximum absolute atomic E-state index is 13.7. The number of hydrogen-bond donors (Lipinski definition) is 1. The molecule has 1 aliphatic rings. The van der Waals surface area contributed by atoms with Gasteiger partial charge in [-0.05, 0) is 49.3 Å². The van der Waals surface area contributed by atoms with Gasteiger partial charge in [-0.2, -0.15) is 11.8 Å². The number of benzene rings is 1. The van der Waals surface area contributed by atoms with E-state index in [4.69, 9.17) is 0 Å². The van der Waals surface area contributed by atoms with Gasteiger partial charge in [0.2, 0.25) is 0 Å². The third-order valence-corrected chi connectivity index (χ3v) is 5.03. The third-order valence-electron chi connectivity index (χ3n) is 3.57. The van der Waals surface area contributed by atoms with E-state index in [9.17, 15) is 4.39 Å². The molecule has 0 aliphatic carbocycles. The summed E-state index contributed by atoms with van der Waals surface area (Å²) < 4.78 is 13.7. The largest absolute Gasteiger partial charge is 0.309 e. The average molecular weight is 267 g/mol. The Labute approximate surface area is 114 Å². The first-order valence-corrected chi connectivity index (χ1v) is 7.88. The zero-order chi connectivity index (χ0) is 13.0. The molecule has 2 unspecified atom stereocenters. The first kappa shape index (κ1) is 13.9. The van der Waals surface area contributed by atoms with Crippen LogP contribution in [-0.2, 0) is 0 Å². The maximum atomic E-state index is 13.7. The standard InChI is InChI=1S/C15H22FNS/c1-3-17-15(14-6-4-5-9-18-14)12-8-7-11(2)13(16)10-12/h7-8,10,14-15,17H,3-6,9H2,1-2H3. The average Bonchev–Trinajstić information content (AvgIpc) is 2.40. The van der Waals surface area contributed by atoms with Crippen LogP contribution in [0.5, 0.6) is 0 Å². The zero-order valence-electron chi connectivity index (χ0n) is 11.2. The van der Waals surface area contributed by atoms with Crippen molar-refractivity contribution in [2.75, 3.05) is 12.3 Å². The molecule has 100 valence electrons. The molecule has 0 amide bonds. The van der Waals surface area contributed by atoms with Gasteiger partial charge in [-0.25, -0.2) is 4.39 Å². The molecule has 0 bridgehead atoms. The number of thioether (sulfide) groups is 1. The van der Waals surface area contributed by atoms with Crippen LogP contribution in [0.1, 0.15) is 43.4 Å². The Morgan fingerprint density at radius 1 is 1.44 bits per heavy atom. The van der Waals surface area contributed by atoms with Crippen molar-refractivity contribution in [3.63, 3.8) is 0 Å². The fourth-order valence-electron chi connectivity index (χ4n) is 2.51. The highest BCUT2D eigenvalue weighted by molar-refractivity contribution is 8.00. The van der Waals surface area contributed by atoms with Crippen LogP contribution in [0.4, 0.5) is 4.39 Å². The summed E-state index contributed by atoms with van der Waals surface area (Å²) in [6.45, 7) is 4.86. The van der Waals surface area contributed by atoms with Crippen LogP contribution >= 0.6 is 11.8 Å². The van der Waals surface area contributed by atoms with Gasteiger partial charge >= 0.3 is 0 Å². The lowest BCUT2D eigenvalue weighted by atomic mass is 9.98. The Balaban J connectivity index is 2.19. The minimum Gasteiger partial charge on any atom is -0.309 e. The van der Waals surface area contributed by atoms with Crippen molar-refractivity contribution in [3.8, 4) is 0 Å². The van der Waals surface area contributed by atoms with E-state index in [1.54, 1.807) is 6.07 Å². The van der Waals surface area contributed by atoms with Gasteiger partial charge in [0.1, 0.15) is 5.82 Å². The van der Waals surface area contributed by atoms with Crippen LogP contribution < -0.4 is 5.32 Å². The molecule has 1 aromatic rings. The summed E-state index contributed by atoms with van der Waals surface area (Å²) in [5, 5.41) is 4.11. The summed E-state index contributed by atoms with van der Waals surface area (Å²) >= 11 is 2.03. The number of halogens is 1. The molecule has 1 N–H and O–H groups in total. The molecule has 2 atom stereocenters. The molecule has 0 radical (unpaired) electrons. The Kier molecular flexibility index (Phi) is 5.07. The Hall–Kier alpha value is -0.540. The Morgan fingerprint density at radius 2 is 2.28 bits per heavy atom. The number of nitrogens with one attached hydrogen (secondary N) is 1. The van der Waals surface area contributed by atoms with Crippen LogP contribution in [0.3, 0.4) is 0 Å². The summed E-state index contributed by atoms with van der Waals surface area (Å²) in [5.74, 6) is 1.15. The highest BCUT2D eigenvalue weighted by atomic mass is 32.2. The molecule has 18 heavy (non-hydrogen) atoms. The first-order chi connectivity index (χ1) is 8.72. The predicted octanol–water partition coefficient (Wildman–Crippen LogP) is 4.07. The van der Waals surface area contributed by atoms with Crippen LogP contribution in [-0.4, -0.2) is 17.5 Å². The van der Waals surface area contributed by atoms with Crippen molar-refractivity contribution in [1.29, 1.82) is 0 Å². The molecule has 1 nitrogen and oxygen atoms in total. The molecule has 1 fully saturated rings. The Bertz CT molecular complexity index is 388. The molecule has 2 rings (SSSR count). The second-order valence-electron chi connectivity index (χ2n) is 4.95. The lowest BCUT2D eigenvalue weighted by molar-refractivity contribution is 0.488. The van der Waals surface area contributed by atoms with Crippen molar-refractivity contribution in [3.05, 3.63) is 35.1 Å². The fraction of sp³-hybridized carbons (Fsp3) is 0.600. The summed E-state index contributed by atoms with van der Waals surface area (Å²) in [4.78, 5) is 0. The Morgan fingerprint density at radius 3 is 2.89 bits per heavy atom. The van der Waals surface area contributed by atoms with Gasteiger partial charge in [0.05, 0.1) is 0 Å². The van der Waals surface area contributed by atoms with Crippen LogP contribution in [0.25, 0.3) is 0 Å². The van der Waals surface area contributed by atoms with Gasteiger partial charge in [-0.1, -0.05) is 25.5 Å². The van der Waals surface area contributed by atoms with Crippen molar-refractivity contribution >= 4 is 11.8 Å². The predicted molar refractivity (Wildman–Crippen MR) is 77.7 cm³/mol. The van der Waals surface area contributed by atoms with Crippen molar-refractivity contribution in [1.82, 2.24) is 5.32 Å². The molecule has 1 aliphatic heterocycles. The monoisotopic (exact) mass is 267 g/mol. The second kappa shape index (κ2) is 6.58. The minimum absolute atomic E-state index is 0.0868. The van der Waals surface area contributed by atoms with Crippen molar-refractivity contribution in [2.45, 2.75) is 44.4 Å². The first-order valence-electron chi connectivity index (χ1n) is 6.83. The maximum Gasteiger partial charge on any atom is 0.126 e. The van der Waals surface area contributed by atoms with E-state index in [1.165, 1.54) is 25.0 Å². The number of aryl methyl sites for hydroxylation is 1. The lowest BCUT2D eigenvalue weighted by Gasteiger charge is -2.31. The molecule has 0 spiro atoms. The van der Waals surface area contributed by atoms with Gasteiger partial charge in [0, 0.05) is 11.3 Å². The van der Waals surface area contributed by atoms with E-state index in [0.29, 0.717) is 5.25 Å². The van der Waals surface area contributed by atoms with E-state index in [-0.39, 0.29) is 11.9 Å². The van der Waals surface area contributed by atoms with E-state index in [1.807, 2.05) is 24.8 Å². The lowest BCUT2D eigenvalue weighted by Crippen LogP contribution is -2.31. The molecular weight excluding hydrogens is 245 g/mol. The zero-order valence-corrected chi connectivity index (χ0v) is 12.0. The molecule has 3 heteroatoms. The minimum atomic E-state index is -0.0868. The SMILES string of the molecule is CCNC(c1ccc(C)c(F)c1)C1CCCCS1. The van der Waals surface area contributed by atoms with E-state index < -0.39 is 0 Å². The van der Waals surface area contributed by atoms with E-state index in [2.05, 4.69) is 18.3 Å². The summed E-state index contributed by atoms with van der Waals surface area (Å²) in [6.07, 6.45) is 3.86. The molecule has 1 heterocycles. The van der Waals surface area contributed by atoms with Crippen molar-refractivity contribution < 1.29 is 4.39 Å². The van der Waals surface area contributed by atoms with Crippen molar-refractivity contribution in [2.24, 2.45) is 0 Å². The van der Waals surface area contributed by atoms with Gasteiger partial charge in [-0.15, -0.1) is 0 Å². The molecular formula is C15H22FNS. The van der Waals surface area contributed by atoms with Gasteiger partial charge in [0.15, 0.2) is 0 Å². The van der Waals surface area contributed by atoms with E-state index >= 15 is 0 Å². The highest BCUT2D eigenvalue weighted by Gasteiger charge is 2.25. The topological polar surface area (TPSA) is 12.0 Å². The van der Waals surface area contributed by atoms with Gasteiger partial charge < -0.3 is 5.32 Å². The van der Waals surface area contributed by atoms with Gasteiger partial charge in [0.25, 0.3) is 0 Å². The summed E-state index contributed by atoms with van der Waals surface area (Å²) in [7, 11) is 0. The highest BCUT2D eigenvalue weighted by Crippen LogP contribution is 2.35. The third kappa shape index (κ3) is 3.27. The van der Waals surface area contributed by atoms with E-state index in [0.717, 1.165) is 17.7 Å². The second-order valence-corrected chi connectivity index (χ2v) is 6.30. The van der Waals surface area contributed by atoms with Gasteiger partial charge in [-0.3, -0.25) is 0 Å². The molecule has 1 aromatic carbocycles. The van der Waals surface area contributed by atoms with Crippen LogP contribution in [0.15, 0.2) is 18.2 Å². The molecule has 1 saturated heterocycles. The fourth-order valence-corrected chi connectivity index (χ4v) is 3.97. The number of rotatable bonds is 4. The summed E-state index contributed by atoms with van der Waals surface area (Å²) in [6, 6.07) is 5.96. The number of hydrogen-bond acceptors (Lipinski definition) is 2. The van der Waals surface area contributed by atoms with Crippen LogP contribution in [0, 0.1) is 12.7 Å². The normalized spacial score (nSPS) is 21.8. The smallest absolute Gasteiger partial charge is 0.126 e. The van der Waals surface area contributed by atoms with Crippen LogP contribution in [0.2, 0.25) is 0 Å². The summed E-state index contributed by atoms with van der Waals surface area (Å²) in [5.41, 5.74) is 1.82. The molecule has 0 saturated carbocycles.